The number of hydrogen-bond donors (Lipinski definition) is 0. The van der Waals surface area contributed by atoms with Crippen LogP contribution >= 0.6 is 0 Å². The van der Waals surface area contributed by atoms with Gasteiger partial charge in [0.2, 0.25) is 0 Å². The molecule has 8 aromatic carbocycles. The van der Waals surface area contributed by atoms with Crippen molar-refractivity contribution in [1.82, 2.24) is 0 Å². The predicted octanol–water partition coefficient (Wildman–Crippen LogP) is 14.2. The van der Waals surface area contributed by atoms with Gasteiger partial charge in [0.15, 0.2) is 11.6 Å². The molecule has 0 fully saturated rings. The molecule has 0 aromatic heterocycles. The lowest BCUT2D eigenvalue weighted by molar-refractivity contribution is 0.0961. The van der Waals surface area contributed by atoms with Crippen LogP contribution in [0.4, 0.5) is 34.1 Å². The van der Waals surface area contributed by atoms with Gasteiger partial charge in [0.25, 0.3) is 0 Å². The largest absolute Gasteiger partial charge is 0.457 e. The van der Waals surface area contributed by atoms with Crippen molar-refractivity contribution in [1.29, 1.82) is 0 Å². The van der Waals surface area contributed by atoms with Crippen LogP contribution in [-0.4, -0.2) is 21.3 Å². The number of hydrogen-bond acceptors (Lipinski definition) is 8. The molecule has 2 atom stereocenters. The summed E-state index contributed by atoms with van der Waals surface area (Å²) in [5.74, 6) is -1.66. The van der Waals surface area contributed by atoms with Crippen molar-refractivity contribution >= 4 is 87.3 Å². The molecule has 8 aromatic rings. The highest BCUT2D eigenvalue weighted by molar-refractivity contribution is 7.86. The molecule has 2 aliphatic heterocycles. The van der Waals surface area contributed by atoms with E-state index in [1.807, 2.05) is 121 Å². The summed E-state index contributed by atoms with van der Waals surface area (Å²) < 4.78 is 28.2. The molecule has 0 spiro atoms. The molecule has 4 aliphatic rings. The van der Waals surface area contributed by atoms with Crippen LogP contribution in [0.2, 0.25) is 0 Å². The Kier molecular flexibility index (Phi) is 11.0. The van der Waals surface area contributed by atoms with E-state index in [2.05, 4.69) is 107 Å². The number of fused-ring (bicyclic) bond motifs is 4. The third-order valence-corrected chi connectivity index (χ3v) is 16.5. The van der Waals surface area contributed by atoms with E-state index in [1.54, 1.807) is 24.3 Å². The SMILES string of the molecule is O=C1c2cc(-c3ccc4c(c3)C(=O)C3C=C(c5ccc(N(c6ccccc6)c6ccccc6)cc5)C=CC3=[S-]4=O)ccc2[S-](=O)=C2C=CC(c3ccc(N(c4ccccc4)c4ccccc4)cc3)=CC12. The van der Waals surface area contributed by atoms with Crippen molar-refractivity contribution in [3.63, 3.8) is 0 Å². The number of nitrogens with zero attached hydrogens (tertiary/aromatic N) is 2. The molecule has 12 rings (SSSR count). The zero-order chi connectivity index (χ0) is 47.3. The Balaban J connectivity index is 0.811. The molecule has 0 saturated carbocycles. The maximum absolute atomic E-state index is 14.5. The third-order valence-electron chi connectivity index (χ3n) is 13.4. The van der Waals surface area contributed by atoms with E-state index in [4.69, 9.17) is 0 Å². The first-order valence-electron chi connectivity index (χ1n) is 23.1. The first kappa shape index (κ1) is 43.0. The molecular formula is C62H42N2O4S2-2. The molecule has 0 amide bonds. The first-order valence-corrected chi connectivity index (χ1v) is 25.4. The van der Waals surface area contributed by atoms with Crippen molar-refractivity contribution in [2.45, 2.75) is 9.79 Å². The predicted molar refractivity (Wildman–Crippen MR) is 287 cm³/mol. The van der Waals surface area contributed by atoms with Gasteiger partial charge in [-0.3, -0.25) is 9.59 Å². The molecule has 2 aliphatic carbocycles. The maximum atomic E-state index is 14.5. The van der Waals surface area contributed by atoms with Crippen LogP contribution in [-0.2, 0) is 29.2 Å². The van der Waals surface area contributed by atoms with Crippen molar-refractivity contribution in [2.24, 2.45) is 11.8 Å². The number of anilines is 6. The van der Waals surface area contributed by atoms with Gasteiger partial charge in [-0.2, -0.15) is 0 Å². The number of benzene rings is 8. The summed E-state index contributed by atoms with van der Waals surface area (Å²) in [7, 11) is -3.11. The van der Waals surface area contributed by atoms with Crippen LogP contribution in [0.25, 0.3) is 22.3 Å². The Hall–Kier alpha value is -8.30. The van der Waals surface area contributed by atoms with Crippen molar-refractivity contribution in [3.8, 4) is 11.1 Å². The van der Waals surface area contributed by atoms with E-state index in [9.17, 15) is 18.0 Å². The minimum atomic E-state index is -1.55. The van der Waals surface area contributed by atoms with E-state index in [-0.39, 0.29) is 11.6 Å². The molecule has 8 heteroatoms. The lowest BCUT2D eigenvalue weighted by Crippen LogP contribution is -2.30. The molecule has 0 N–H and O–H groups in total. The van der Waals surface area contributed by atoms with Gasteiger partial charge < -0.3 is 18.2 Å². The summed E-state index contributed by atoms with van der Waals surface area (Å²) in [6, 6.07) is 68.2. The van der Waals surface area contributed by atoms with Crippen LogP contribution in [0, 0.1) is 11.8 Å². The topological polar surface area (TPSA) is 74.8 Å². The summed E-state index contributed by atoms with van der Waals surface area (Å²) >= 11 is 0. The average molecular weight is 943 g/mol. The van der Waals surface area contributed by atoms with Crippen molar-refractivity contribution in [2.75, 3.05) is 9.80 Å². The second-order valence-electron chi connectivity index (χ2n) is 17.5. The fourth-order valence-electron chi connectivity index (χ4n) is 9.86. The van der Waals surface area contributed by atoms with Crippen LogP contribution in [0.1, 0.15) is 31.8 Å². The summed E-state index contributed by atoms with van der Waals surface area (Å²) in [5.41, 5.74) is 12.0. The lowest BCUT2D eigenvalue weighted by atomic mass is 9.85. The standard InChI is InChI=1S/C62H42N2O4S2/c65-61-53-37-43(41-21-29-51(30-22-41)63(47-13-5-1-6-14-47)48-15-7-2-8-16-48)25-33-57(53)69(67)59-35-27-45(39-55(59)61)46-28-36-60-56(40-46)62(66)54-38-44(26-34-58(54)70(60)68)42-23-31-52(32-24-42)64(49-17-9-3-10-18-49)50-19-11-4-12-20-50/h1-40,53-54H/q-2. The fourth-order valence-corrected chi connectivity index (χ4v) is 12.7. The first-order chi connectivity index (χ1) is 34.4. The smallest absolute Gasteiger partial charge is 0.170 e. The molecule has 0 bridgehead atoms. The molecule has 6 nitrogen and oxygen atoms in total. The summed E-state index contributed by atoms with van der Waals surface area (Å²) in [6.07, 6.45) is 11.4. The second kappa shape index (κ2) is 18.0. The molecular weight excluding hydrogens is 901 g/mol. The quantitative estimate of drug-likeness (QED) is 0.106. The van der Waals surface area contributed by atoms with Crippen molar-refractivity contribution in [3.05, 3.63) is 265 Å². The third kappa shape index (κ3) is 7.68. The van der Waals surface area contributed by atoms with E-state index in [0.717, 1.165) is 56.4 Å². The highest BCUT2D eigenvalue weighted by Gasteiger charge is 2.30. The summed E-state index contributed by atoms with van der Waals surface area (Å²) in [5, 5.41) is 0. The Morgan fingerprint density at radius 3 is 0.957 bits per heavy atom. The van der Waals surface area contributed by atoms with Gasteiger partial charge in [-0.25, -0.2) is 20.8 Å². The maximum Gasteiger partial charge on any atom is 0.170 e. The van der Waals surface area contributed by atoms with Gasteiger partial charge in [-0.1, -0.05) is 158 Å². The van der Waals surface area contributed by atoms with Crippen molar-refractivity contribution < 1.29 is 18.0 Å². The molecule has 2 heterocycles. The van der Waals surface area contributed by atoms with Crippen LogP contribution in [0.3, 0.4) is 0 Å². The minimum absolute atomic E-state index is 0.133. The summed E-state index contributed by atoms with van der Waals surface area (Å²) in [4.78, 5) is 35.4. The van der Waals surface area contributed by atoms with Crippen LogP contribution in [0.5, 0.6) is 0 Å². The number of carbonyl (C=O) groups is 2. The highest BCUT2D eigenvalue weighted by Crippen LogP contribution is 2.40. The number of Topliss-reactive ketones (excluding diaryl/α,β-unsaturated/α-hetero) is 2. The van der Waals surface area contributed by atoms with Gasteiger partial charge >= 0.3 is 0 Å². The zero-order valence-electron chi connectivity index (χ0n) is 37.6. The van der Waals surface area contributed by atoms with E-state index in [1.165, 1.54) is 0 Å². The van der Waals surface area contributed by atoms with Crippen LogP contribution in [0.15, 0.2) is 253 Å². The highest BCUT2D eigenvalue weighted by atomic mass is 32.2. The van der Waals surface area contributed by atoms with Gasteiger partial charge in [-0.05, 0) is 118 Å². The average Bonchev–Trinajstić information content (AvgIpc) is 3.43. The monoisotopic (exact) mass is 942 g/mol. The Morgan fingerprint density at radius 2 is 0.629 bits per heavy atom. The van der Waals surface area contributed by atoms with Crippen LogP contribution < -0.4 is 9.80 Å². The normalized spacial score (nSPS) is 17.2. The second-order valence-corrected chi connectivity index (χ2v) is 20.4. The number of allylic oxidation sites excluding steroid dienone is 8. The van der Waals surface area contributed by atoms with E-state index >= 15 is 0 Å². The Labute approximate surface area is 410 Å². The Morgan fingerprint density at radius 1 is 0.329 bits per heavy atom. The number of para-hydroxylation sites is 4. The minimum Gasteiger partial charge on any atom is -0.457 e. The Bertz CT molecular complexity index is 3390. The molecule has 70 heavy (non-hydrogen) atoms. The number of rotatable bonds is 9. The number of carbonyl (C=O) groups excluding carboxylic acids is 2. The fraction of sp³-hybridized carbons (Fsp3) is 0.0323. The molecule has 2 unspecified atom stereocenters. The van der Waals surface area contributed by atoms with E-state index in [0.29, 0.717) is 41.8 Å². The van der Waals surface area contributed by atoms with Gasteiger partial charge in [0, 0.05) is 57.1 Å². The number of ketones is 2. The zero-order valence-corrected chi connectivity index (χ0v) is 39.2. The lowest BCUT2D eigenvalue weighted by Gasteiger charge is -2.32. The van der Waals surface area contributed by atoms with Gasteiger partial charge in [-0.15, -0.1) is 19.5 Å². The summed E-state index contributed by atoms with van der Waals surface area (Å²) in [6.45, 7) is 0. The molecule has 338 valence electrons. The molecule has 0 saturated heterocycles. The van der Waals surface area contributed by atoms with E-state index < -0.39 is 32.6 Å². The molecule has 0 radical (unpaired) electrons. The van der Waals surface area contributed by atoms with Gasteiger partial charge in [0.1, 0.15) is 0 Å². The van der Waals surface area contributed by atoms with Gasteiger partial charge in [0.05, 0.1) is 0 Å².